The van der Waals surface area contributed by atoms with Crippen LogP contribution in [0.5, 0.6) is 11.5 Å². The Balaban J connectivity index is 1.75. The Morgan fingerprint density at radius 1 is 1.29 bits per heavy atom. The Morgan fingerprint density at radius 3 is 3.00 bits per heavy atom. The number of ether oxygens (including phenoxy) is 2. The predicted molar refractivity (Wildman–Crippen MR) is 78.9 cm³/mol. The standard InChI is InChI=1S/C14H17ClN4O2/c15-12-6-10(7-13-14(12)21-5-4-20-13)8-19-9-11(17-18-19)2-1-3-16/h6-7,9H,1-5,8,16H2. The first kappa shape index (κ1) is 14.2. The van der Waals surface area contributed by atoms with Crippen molar-refractivity contribution in [2.75, 3.05) is 19.8 Å². The molecule has 3 rings (SSSR count). The predicted octanol–water partition coefficient (Wildman–Crippen LogP) is 1.64. The Hall–Kier alpha value is -1.79. The van der Waals surface area contributed by atoms with Gasteiger partial charge in [0, 0.05) is 6.20 Å². The molecule has 112 valence electrons. The topological polar surface area (TPSA) is 75.2 Å². The Labute approximate surface area is 127 Å². The van der Waals surface area contributed by atoms with Crippen molar-refractivity contribution < 1.29 is 9.47 Å². The summed E-state index contributed by atoms with van der Waals surface area (Å²) in [4.78, 5) is 0. The quantitative estimate of drug-likeness (QED) is 0.909. The van der Waals surface area contributed by atoms with Crippen LogP contribution in [-0.4, -0.2) is 34.8 Å². The molecule has 1 aliphatic rings. The second-order valence-corrected chi connectivity index (χ2v) is 5.31. The van der Waals surface area contributed by atoms with Crippen LogP contribution in [-0.2, 0) is 13.0 Å². The molecule has 0 saturated heterocycles. The molecule has 0 fully saturated rings. The molecule has 1 aromatic heterocycles. The highest BCUT2D eigenvalue weighted by molar-refractivity contribution is 6.32. The van der Waals surface area contributed by atoms with Gasteiger partial charge in [0.15, 0.2) is 11.5 Å². The van der Waals surface area contributed by atoms with Gasteiger partial charge in [-0.3, -0.25) is 0 Å². The van der Waals surface area contributed by atoms with Crippen molar-refractivity contribution in [1.29, 1.82) is 0 Å². The van der Waals surface area contributed by atoms with Gasteiger partial charge in [-0.15, -0.1) is 5.10 Å². The van der Waals surface area contributed by atoms with Gasteiger partial charge in [0.25, 0.3) is 0 Å². The summed E-state index contributed by atoms with van der Waals surface area (Å²) in [5.74, 6) is 1.31. The highest BCUT2D eigenvalue weighted by Gasteiger charge is 2.16. The van der Waals surface area contributed by atoms with E-state index < -0.39 is 0 Å². The van der Waals surface area contributed by atoms with Crippen molar-refractivity contribution in [2.45, 2.75) is 19.4 Å². The van der Waals surface area contributed by atoms with Crippen LogP contribution in [0.3, 0.4) is 0 Å². The van der Waals surface area contributed by atoms with Gasteiger partial charge >= 0.3 is 0 Å². The van der Waals surface area contributed by atoms with Crippen LogP contribution >= 0.6 is 11.6 Å². The van der Waals surface area contributed by atoms with Crippen molar-refractivity contribution in [2.24, 2.45) is 5.73 Å². The Morgan fingerprint density at radius 2 is 2.14 bits per heavy atom. The minimum atomic E-state index is 0.527. The molecular formula is C14H17ClN4O2. The highest BCUT2D eigenvalue weighted by atomic mass is 35.5. The summed E-state index contributed by atoms with van der Waals surface area (Å²) in [7, 11) is 0. The van der Waals surface area contributed by atoms with Crippen LogP contribution in [0.4, 0.5) is 0 Å². The molecule has 1 aromatic carbocycles. The summed E-state index contributed by atoms with van der Waals surface area (Å²) < 4.78 is 12.9. The SMILES string of the molecule is NCCCc1cn(Cc2cc(Cl)c3c(c2)OCCO3)nn1. The monoisotopic (exact) mass is 308 g/mol. The summed E-state index contributed by atoms with van der Waals surface area (Å²) in [6.45, 7) is 2.32. The summed E-state index contributed by atoms with van der Waals surface area (Å²) in [6, 6.07) is 3.80. The first-order valence-corrected chi connectivity index (χ1v) is 7.31. The minimum absolute atomic E-state index is 0.527. The van der Waals surface area contributed by atoms with Gasteiger partial charge in [0.2, 0.25) is 0 Å². The third-order valence-corrected chi connectivity index (χ3v) is 3.51. The van der Waals surface area contributed by atoms with Gasteiger partial charge in [0.1, 0.15) is 13.2 Å². The summed E-state index contributed by atoms with van der Waals surface area (Å²) in [5, 5.41) is 8.81. The first-order chi connectivity index (χ1) is 10.3. The van der Waals surface area contributed by atoms with Gasteiger partial charge < -0.3 is 15.2 Å². The number of benzene rings is 1. The largest absolute Gasteiger partial charge is 0.486 e. The Bertz CT molecular complexity index is 629. The zero-order valence-corrected chi connectivity index (χ0v) is 12.3. The maximum Gasteiger partial charge on any atom is 0.179 e. The average Bonchev–Trinajstić information content (AvgIpc) is 2.92. The molecule has 0 unspecified atom stereocenters. The molecule has 0 radical (unpaired) electrons. The number of aryl methyl sites for hydroxylation is 1. The van der Waals surface area contributed by atoms with Crippen LogP contribution in [0.1, 0.15) is 17.7 Å². The van der Waals surface area contributed by atoms with E-state index in [9.17, 15) is 0 Å². The number of hydrogen-bond acceptors (Lipinski definition) is 5. The van der Waals surface area contributed by atoms with E-state index in [0.717, 1.165) is 24.1 Å². The number of hydrogen-bond donors (Lipinski definition) is 1. The lowest BCUT2D eigenvalue weighted by Gasteiger charge is -2.20. The number of halogens is 1. The first-order valence-electron chi connectivity index (χ1n) is 6.93. The van der Waals surface area contributed by atoms with Crippen LogP contribution < -0.4 is 15.2 Å². The zero-order chi connectivity index (χ0) is 14.7. The molecule has 1 aliphatic heterocycles. The second kappa shape index (κ2) is 6.32. The van der Waals surface area contributed by atoms with Gasteiger partial charge in [0.05, 0.1) is 17.3 Å². The van der Waals surface area contributed by atoms with Crippen LogP contribution in [0.2, 0.25) is 5.02 Å². The summed E-state index contributed by atoms with van der Waals surface area (Å²) >= 11 is 6.22. The highest BCUT2D eigenvalue weighted by Crippen LogP contribution is 2.38. The molecular weight excluding hydrogens is 292 g/mol. The number of nitrogens with two attached hydrogens (primary N) is 1. The van der Waals surface area contributed by atoms with Crippen molar-refractivity contribution in [3.05, 3.63) is 34.6 Å². The van der Waals surface area contributed by atoms with E-state index in [1.807, 2.05) is 18.3 Å². The molecule has 0 amide bonds. The van der Waals surface area contributed by atoms with Crippen LogP contribution in [0.25, 0.3) is 0 Å². The second-order valence-electron chi connectivity index (χ2n) is 4.90. The molecule has 21 heavy (non-hydrogen) atoms. The third kappa shape index (κ3) is 3.28. The van der Waals surface area contributed by atoms with E-state index in [0.29, 0.717) is 42.8 Å². The fourth-order valence-electron chi connectivity index (χ4n) is 2.26. The molecule has 0 atom stereocenters. The fourth-order valence-corrected chi connectivity index (χ4v) is 2.54. The van der Waals surface area contributed by atoms with Crippen LogP contribution in [0, 0.1) is 0 Å². The molecule has 0 saturated carbocycles. The van der Waals surface area contributed by atoms with E-state index in [1.54, 1.807) is 4.68 Å². The maximum atomic E-state index is 6.22. The van der Waals surface area contributed by atoms with Crippen LogP contribution in [0.15, 0.2) is 18.3 Å². The molecule has 0 spiro atoms. The Kier molecular flexibility index (Phi) is 4.26. The number of fused-ring (bicyclic) bond motifs is 1. The lowest BCUT2D eigenvalue weighted by Crippen LogP contribution is -2.16. The van der Waals surface area contributed by atoms with Gasteiger partial charge in [-0.1, -0.05) is 16.8 Å². The van der Waals surface area contributed by atoms with Crippen molar-refractivity contribution in [3.8, 4) is 11.5 Å². The van der Waals surface area contributed by atoms with Gasteiger partial charge in [-0.2, -0.15) is 0 Å². The maximum absolute atomic E-state index is 6.22. The fraction of sp³-hybridized carbons (Fsp3) is 0.429. The minimum Gasteiger partial charge on any atom is -0.486 e. The lowest BCUT2D eigenvalue weighted by molar-refractivity contribution is 0.171. The molecule has 6 nitrogen and oxygen atoms in total. The molecule has 0 aliphatic carbocycles. The number of nitrogens with zero attached hydrogens (tertiary/aromatic N) is 3. The van der Waals surface area contributed by atoms with E-state index in [1.165, 1.54) is 0 Å². The average molecular weight is 309 g/mol. The molecule has 2 N–H and O–H groups in total. The zero-order valence-electron chi connectivity index (χ0n) is 11.6. The molecule has 7 heteroatoms. The molecule has 2 aromatic rings. The van der Waals surface area contributed by atoms with E-state index in [2.05, 4.69) is 10.3 Å². The smallest absolute Gasteiger partial charge is 0.179 e. The summed E-state index contributed by atoms with van der Waals surface area (Å²) in [5.41, 5.74) is 7.44. The van der Waals surface area contributed by atoms with Gasteiger partial charge in [-0.25, -0.2) is 4.68 Å². The van der Waals surface area contributed by atoms with Crippen molar-refractivity contribution in [3.63, 3.8) is 0 Å². The van der Waals surface area contributed by atoms with E-state index >= 15 is 0 Å². The lowest BCUT2D eigenvalue weighted by atomic mass is 10.2. The van der Waals surface area contributed by atoms with Crippen molar-refractivity contribution in [1.82, 2.24) is 15.0 Å². The molecule has 0 bridgehead atoms. The van der Waals surface area contributed by atoms with Gasteiger partial charge in [-0.05, 0) is 37.1 Å². The third-order valence-electron chi connectivity index (χ3n) is 3.22. The van der Waals surface area contributed by atoms with E-state index in [4.69, 9.17) is 26.8 Å². The normalized spacial score (nSPS) is 13.4. The number of rotatable bonds is 5. The molecule has 2 heterocycles. The van der Waals surface area contributed by atoms with Crippen molar-refractivity contribution >= 4 is 11.6 Å². The number of aromatic nitrogens is 3. The summed E-state index contributed by atoms with van der Waals surface area (Å²) in [6.07, 6.45) is 3.69. The van der Waals surface area contributed by atoms with E-state index in [-0.39, 0.29) is 0 Å².